The standard InChI is InChI=1S/C11H21Cl2N/c1-7-8-14(12,13)11(5,6)10(4)9(2)3/h7,9H,1,8H2,2-6H3/q+1. The van der Waals surface area contributed by atoms with Gasteiger partial charge in [-0.2, -0.15) is 0 Å². The number of halogens is 2. The van der Waals surface area contributed by atoms with Gasteiger partial charge in [0.15, 0.2) is 23.6 Å². The summed E-state index contributed by atoms with van der Waals surface area (Å²) in [4.78, 5) is 0. The van der Waals surface area contributed by atoms with Crippen molar-refractivity contribution in [3.63, 3.8) is 0 Å². The molecule has 0 spiro atoms. The summed E-state index contributed by atoms with van der Waals surface area (Å²) >= 11 is 12.6. The molecule has 0 saturated heterocycles. The Morgan fingerprint density at radius 1 is 1.43 bits per heavy atom. The van der Waals surface area contributed by atoms with E-state index in [4.69, 9.17) is 23.6 Å². The maximum Gasteiger partial charge on any atom is 0.187 e. The molecule has 3 heteroatoms. The molecule has 14 heavy (non-hydrogen) atoms. The van der Waals surface area contributed by atoms with Crippen LogP contribution in [-0.2, 0) is 0 Å². The van der Waals surface area contributed by atoms with Crippen molar-refractivity contribution in [2.24, 2.45) is 5.92 Å². The minimum Gasteiger partial charge on any atom is -0.115 e. The third-order valence-electron chi connectivity index (χ3n) is 3.01. The Labute approximate surface area is 98.5 Å². The van der Waals surface area contributed by atoms with Crippen molar-refractivity contribution >= 4 is 23.6 Å². The Balaban J connectivity index is 4.82. The fourth-order valence-corrected chi connectivity index (χ4v) is 1.82. The number of hydrogen-bond acceptors (Lipinski definition) is 0. The van der Waals surface area contributed by atoms with E-state index >= 15 is 0 Å². The van der Waals surface area contributed by atoms with Crippen molar-refractivity contribution in [3.8, 4) is 0 Å². The van der Waals surface area contributed by atoms with Crippen LogP contribution >= 0.6 is 23.6 Å². The lowest BCUT2D eigenvalue weighted by molar-refractivity contribution is -0.741. The third-order valence-corrected chi connectivity index (χ3v) is 4.13. The molecule has 0 aromatic heterocycles. The van der Waals surface area contributed by atoms with Gasteiger partial charge in [-0.15, -0.1) is 3.52 Å². The van der Waals surface area contributed by atoms with Gasteiger partial charge in [0, 0.05) is 5.92 Å². The molecule has 0 aliphatic carbocycles. The molecule has 0 saturated carbocycles. The summed E-state index contributed by atoms with van der Waals surface area (Å²) in [6.07, 6.45) is 1.75. The van der Waals surface area contributed by atoms with Crippen molar-refractivity contribution in [2.75, 3.05) is 6.54 Å². The van der Waals surface area contributed by atoms with Gasteiger partial charge < -0.3 is 0 Å². The summed E-state index contributed by atoms with van der Waals surface area (Å²) in [5.41, 5.74) is -0.258. The molecule has 0 unspecified atom stereocenters. The van der Waals surface area contributed by atoms with E-state index in [1.54, 1.807) is 6.08 Å². The summed E-state index contributed by atoms with van der Waals surface area (Å²) in [7, 11) is 0. The summed E-state index contributed by atoms with van der Waals surface area (Å²) in [6, 6.07) is 0. The van der Waals surface area contributed by atoms with Gasteiger partial charge in [-0.05, 0) is 25.8 Å². The summed E-state index contributed by atoms with van der Waals surface area (Å²) in [6.45, 7) is 14.7. The maximum atomic E-state index is 6.28. The summed E-state index contributed by atoms with van der Waals surface area (Å²) < 4.78 is -0.0828. The van der Waals surface area contributed by atoms with Crippen LogP contribution in [0.5, 0.6) is 0 Å². The zero-order chi connectivity index (χ0) is 11.6. The highest BCUT2D eigenvalue weighted by atomic mass is 35.5. The van der Waals surface area contributed by atoms with Crippen LogP contribution in [0.25, 0.3) is 0 Å². The normalized spacial score (nSPS) is 13.8. The fraction of sp³-hybridized carbons (Fsp3) is 0.727. The van der Waals surface area contributed by atoms with Crippen LogP contribution in [0, 0.1) is 11.8 Å². The predicted octanol–water partition coefficient (Wildman–Crippen LogP) is 4.33. The van der Waals surface area contributed by atoms with Crippen molar-refractivity contribution < 1.29 is 3.52 Å². The lowest BCUT2D eigenvalue weighted by Crippen LogP contribution is -2.52. The second kappa shape index (κ2) is 4.87. The molecular formula is C11H21Cl2N+. The van der Waals surface area contributed by atoms with Crippen LogP contribution in [0.3, 0.4) is 0 Å². The Morgan fingerprint density at radius 3 is 2.14 bits per heavy atom. The van der Waals surface area contributed by atoms with Gasteiger partial charge in [0.25, 0.3) is 0 Å². The molecule has 0 bridgehead atoms. The minimum absolute atomic E-state index is 0.0828. The molecular weight excluding hydrogens is 217 g/mol. The first-order chi connectivity index (χ1) is 6.16. The molecule has 0 aliphatic rings. The molecule has 0 aromatic rings. The van der Waals surface area contributed by atoms with Gasteiger partial charge in [0.1, 0.15) is 12.1 Å². The van der Waals surface area contributed by atoms with Crippen LogP contribution in [0.4, 0.5) is 0 Å². The minimum atomic E-state index is -0.258. The van der Waals surface area contributed by atoms with Crippen molar-refractivity contribution in [1.82, 2.24) is 0 Å². The predicted molar refractivity (Wildman–Crippen MR) is 64.9 cm³/mol. The van der Waals surface area contributed by atoms with E-state index in [-0.39, 0.29) is 9.06 Å². The molecule has 0 atom stereocenters. The number of quaternary nitrogens is 1. The second-order valence-corrected chi connectivity index (χ2v) is 5.83. The summed E-state index contributed by atoms with van der Waals surface area (Å²) in [5.74, 6) is 1.77. The largest absolute Gasteiger partial charge is 0.187 e. The highest BCUT2D eigenvalue weighted by Gasteiger charge is 2.48. The van der Waals surface area contributed by atoms with E-state index in [2.05, 4.69) is 41.2 Å². The van der Waals surface area contributed by atoms with E-state index in [1.807, 2.05) is 0 Å². The van der Waals surface area contributed by atoms with Crippen molar-refractivity contribution in [3.05, 3.63) is 18.6 Å². The molecule has 0 aromatic carbocycles. The SMILES string of the molecule is C=CC[N+](Cl)(Cl)C(C)(C)[C](C)C(C)C. The molecule has 0 aliphatic heterocycles. The van der Waals surface area contributed by atoms with Crippen molar-refractivity contribution in [2.45, 2.75) is 40.2 Å². The van der Waals surface area contributed by atoms with Gasteiger partial charge >= 0.3 is 0 Å². The molecule has 0 amide bonds. The van der Waals surface area contributed by atoms with E-state index < -0.39 is 0 Å². The number of nitrogens with zero attached hydrogens (tertiary/aromatic N) is 1. The Kier molecular flexibility index (Phi) is 4.97. The maximum absolute atomic E-state index is 6.28. The topological polar surface area (TPSA) is 0 Å². The average Bonchev–Trinajstić information content (AvgIpc) is 2.02. The lowest BCUT2D eigenvalue weighted by atomic mass is 9.81. The van der Waals surface area contributed by atoms with E-state index in [0.717, 1.165) is 0 Å². The van der Waals surface area contributed by atoms with Crippen LogP contribution in [0.1, 0.15) is 34.6 Å². The van der Waals surface area contributed by atoms with Gasteiger partial charge in [0.05, 0.1) is 0 Å². The monoisotopic (exact) mass is 237 g/mol. The average molecular weight is 238 g/mol. The van der Waals surface area contributed by atoms with Gasteiger partial charge in [-0.1, -0.05) is 27.4 Å². The van der Waals surface area contributed by atoms with Gasteiger partial charge in [0.2, 0.25) is 0 Å². The smallest absolute Gasteiger partial charge is 0.115 e. The first-order valence-electron chi connectivity index (χ1n) is 4.89. The molecule has 0 fully saturated rings. The number of rotatable bonds is 5. The molecule has 0 N–H and O–H groups in total. The zero-order valence-electron chi connectivity index (χ0n) is 9.77. The van der Waals surface area contributed by atoms with E-state index in [0.29, 0.717) is 12.5 Å². The quantitative estimate of drug-likeness (QED) is 0.494. The lowest BCUT2D eigenvalue weighted by Gasteiger charge is -2.40. The first kappa shape index (κ1) is 14.3. The third kappa shape index (κ3) is 2.88. The fourth-order valence-electron chi connectivity index (χ4n) is 1.35. The van der Waals surface area contributed by atoms with Gasteiger partial charge in [-0.25, -0.2) is 0 Å². The number of hydrogen-bond donors (Lipinski definition) is 0. The molecule has 0 heterocycles. The van der Waals surface area contributed by atoms with Crippen molar-refractivity contribution in [1.29, 1.82) is 0 Å². The van der Waals surface area contributed by atoms with Crippen LogP contribution in [0.15, 0.2) is 12.7 Å². The Morgan fingerprint density at radius 2 is 1.86 bits per heavy atom. The van der Waals surface area contributed by atoms with Gasteiger partial charge in [-0.3, -0.25) is 0 Å². The Bertz CT molecular complexity index is 197. The summed E-state index contributed by atoms with van der Waals surface area (Å²) in [5, 5.41) is 0. The van der Waals surface area contributed by atoms with Crippen LogP contribution in [0.2, 0.25) is 0 Å². The van der Waals surface area contributed by atoms with Crippen LogP contribution < -0.4 is 0 Å². The highest BCUT2D eigenvalue weighted by molar-refractivity contribution is 6.24. The van der Waals surface area contributed by atoms with E-state index in [9.17, 15) is 0 Å². The molecule has 0 rings (SSSR count). The highest BCUT2D eigenvalue weighted by Crippen LogP contribution is 2.41. The first-order valence-corrected chi connectivity index (χ1v) is 5.56. The molecule has 1 radical (unpaired) electrons. The Hall–Kier alpha value is 0.280. The molecule has 83 valence electrons. The second-order valence-electron chi connectivity index (χ2n) is 4.50. The molecule has 1 nitrogen and oxygen atoms in total. The zero-order valence-corrected chi connectivity index (χ0v) is 11.3. The van der Waals surface area contributed by atoms with E-state index in [1.165, 1.54) is 5.92 Å². The van der Waals surface area contributed by atoms with Crippen LogP contribution in [-0.4, -0.2) is 15.6 Å².